The molecule has 0 fully saturated rings. The van der Waals surface area contributed by atoms with Crippen molar-refractivity contribution >= 4 is 0 Å². The van der Waals surface area contributed by atoms with E-state index in [0.717, 1.165) is 17.9 Å². The van der Waals surface area contributed by atoms with Gasteiger partial charge in [-0.1, -0.05) is 31.2 Å². The number of hydrogen-bond acceptors (Lipinski definition) is 1. The minimum atomic E-state index is 0.934. The second kappa shape index (κ2) is 6.16. The average Bonchev–Trinajstić information content (AvgIpc) is 2.29. The van der Waals surface area contributed by atoms with Gasteiger partial charge in [0, 0.05) is 0 Å². The molecule has 1 aromatic rings. The second-order valence-electron chi connectivity index (χ2n) is 3.93. The first-order chi connectivity index (χ1) is 7.69. The summed E-state index contributed by atoms with van der Waals surface area (Å²) in [5.74, 6) is 1.89. The summed E-state index contributed by atoms with van der Waals surface area (Å²) in [4.78, 5) is 0. The predicted octanol–water partition coefficient (Wildman–Crippen LogP) is 4.50. The third-order valence-corrected chi connectivity index (χ3v) is 2.38. The van der Waals surface area contributed by atoms with Gasteiger partial charge in [0.1, 0.15) is 11.5 Å². The van der Waals surface area contributed by atoms with Crippen molar-refractivity contribution in [2.45, 2.75) is 34.1 Å². The van der Waals surface area contributed by atoms with Gasteiger partial charge in [0.25, 0.3) is 0 Å². The van der Waals surface area contributed by atoms with E-state index < -0.39 is 0 Å². The molecule has 1 nitrogen and oxygen atoms in total. The molecule has 0 spiro atoms. The van der Waals surface area contributed by atoms with Crippen molar-refractivity contribution in [2.75, 3.05) is 0 Å². The van der Waals surface area contributed by atoms with E-state index in [9.17, 15) is 0 Å². The molecule has 0 radical (unpaired) electrons. The summed E-state index contributed by atoms with van der Waals surface area (Å²) >= 11 is 0. The highest BCUT2D eigenvalue weighted by Gasteiger charge is 2.03. The van der Waals surface area contributed by atoms with Gasteiger partial charge in [0.2, 0.25) is 0 Å². The minimum absolute atomic E-state index is 0.934. The van der Waals surface area contributed by atoms with Gasteiger partial charge in [-0.3, -0.25) is 0 Å². The molecule has 0 aliphatic rings. The van der Waals surface area contributed by atoms with Crippen molar-refractivity contribution < 1.29 is 4.74 Å². The smallest absolute Gasteiger partial charge is 0.130 e. The van der Waals surface area contributed by atoms with Gasteiger partial charge in [-0.25, -0.2) is 0 Å². The quantitative estimate of drug-likeness (QED) is 0.532. The number of aryl methyl sites for hydroxylation is 1. The Bertz CT molecular complexity index is 396. The molecule has 1 aromatic carbocycles. The van der Waals surface area contributed by atoms with Gasteiger partial charge < -0.3 is 4.74 Å². The SMILES string of the molecule is C/C=C\C(Oc1ccccc1CC)=C(C)C. The molecule has 0 aliphatic heterocycles. The zero-order chi connectivity index (χ0) is 12.0. The lowest BCUT2D eigenvalue weighted by Crippen LogP contribution is -1.97. The summed E-state index contributed by atoms with van der Waals surface area (Å²) < 4.78 is 5.93. The number of hydrogen-bond donors (Lipinski definition) is 0. The summed E-state index contributed by atoms with van der Waals surface area (Å²) in [6.07, 6.45) is 4.99. The Balaban J connectivity index is 2.99. The van der Waals surface area contributed by atoms with E-state index in [4.69, 9.17) is 4.74 Å². The molecule has 0 N–H and O–H groups in total. The van der Waals surface area contributed by atoms with Crippen LogP contribution in [0.1, 0.15) is 33.3 Å². The van der Waals surface area contributed by atoms with Crippen molar-refractivity contribution in [1.82, 2.24) is 0 Å². The number of para-hydroxylation sites is 1. The number of ether oxygens (including phenoxy) is 1. The second-order valence-corrected chi connectivity index (χ2v) is 3.93. The molecule has 86 valence electrons. The fourth-order valence-corrected chi connectivity index (χ4v) is 1.47. The number of rotatable bonds is 4. The summed E-state index contributed by atoms with van der Waals surface area (Å²) in [6, 6.07) is 8.18. The first kappa shape index (κ1) is 12.6. The number of allylic oxidation sites excluding steroid dienone is 3. The van der Waals surface area contributed by atoms with E-state index >= 15 is 0 Å². The van der Waals surface area contributed by atoms with Gasteiger partial charge in [-0.2, -0.15) is 0 Å². The Morgan fingerprint density at radius 2 is 1.94 bits per heavy atom. The molecule has 0 heterocycles. The molecule has 0 amide bonds. The monoisotopic (exact) mass is 216 g/mol. The van der Waals surface area contributed by atoms with Crippen molar-refractivity contribution in [2.24, 2.45) is 0 Å². The normalized spacial score (nSPS) is 10.5. The minimum Gasteiger partial charge on any atom is -0.457 e. The Hall–Kier alpha value is -1.50. The first-order valence-electron chi connectivity index (χ1n) is 5.75. The highest BCUT2D eigenvalue weighted by molar-refractivity contribution is 5.36. The fraction of sp³-hybridized carbons (Fsp3) is 0.333. The molecule has 0 saturated carbocycles. The largest absolute Gasteiger partial charge is 0.457 e. The molecular formula is C15H20O. The van der Waals surface area contributed by atoms with Crippen LogP contribution in [0.3, 0.4) is 0 Å². The summed E-state index contributed by atoms with van der Waals surface area (Å²) in [5.41, 5.74) is 2.43. The summed E-state index contributed by atoms with van der Waals surface area (Å²) in [7, 11) is 0. The molecule has 0 atom stereocenters. The highest BCUT2D eigenvalue weighted by Crippen LogP contribution is 2.22. The summed E-state index contributed by atoms with van der Waals surface area (Å²) in [6.45, 7) is 8.26. The van der Waals surface area contributed by atoms with Crippen LogP contribution in [0.15, 0.2) is 47.7 Å². The maximum absolute atomic E-state index is 5.93. The van der Waals surface area contributed by atoms with Crippen LogP contribution >= 0.6 is 0 Å². The maximum Gasteiger partial charge on any atom is 0.130 e. The van der Waals surface area contributed by atoms with E-state index in [2.05, 4.69) is 26.8 Å². The Labute approximate surface area is 98.5 Å². The molecule has 0 unspecified atom stereocenters. The van der Waals surface area contributed by atoms with Crippen molar-refractivity contribution in [3.05, 3.63) is 53.3 Å². The van der Waals surface area contributed by atoms with Crippen LogP contribution in [0, 0.1) is 0 Å². The molecule has 0 saturated heterocycles. The lowest BCUT2D eigenvalue weighted by Gasteiger charge is -2.11. The third kappa shape index (κ3) is 3.27. The van der Waals surface area contributed by atoms with Crippen LogP contribution < -0.4 is 4.74 Å². The highest BCUT2D eigenvalue weighted by atomic mass is 16.5. The van der Waals surface area contributed by atoms with Gasteiger partial charge in [0.05, 0.1) is 0 Å². The lowest BCUT2D eigenvalue weighted by atomic mass is 10.1. The van der Waals surface area contributed by atoms with E-state index in [1.54, 1.807) is 0 Å². The van der Waals surface area contributed by atoms with Crippen LogP contribution in [-0.4, -0.2) is 0 Å². The maximum atomic E-state index is 5.93. The van der Waals surface area contributed by atoms with Gasteiger partial charge in [-0.05, 0) is 50.5 Å². The zero-order valence-electron chi connectivity index (χ0n) is 10.6. The van der Waals surface area contributed by atoms with Crippen LogP contribution in [0.25, 0.3) is 0 Å². The molecule has 0 aliphatic carbocycles. The molecule has 0 aromatic heterocycles. The summed E-state index contributed by atoms with van der Waals surface area (Å²) in [5, 5.41) is 0. The van der Waals surface area contributed by atoms with Crippen molar-refractivity contribution in [1.29, 1.82) is 0 Å². The van der Waals surface area contributed by atoms with E-state index in [1.165, 1.54) is 11.1 Å². The van der Waals surface area contributed by atoms with E-state index in [1.807, 2.05) is 37.3 Å². The molecule has 1 heteroatoms. The van der Waals surface area contributed by atoms with Gasteiger partial charge >= 0.3 is 0 Å². The molecule has 1 rings (SSSR count). The Morgan fingerprint density at radius 3 is 2.50 bits per heavy atom. The van der Waals surface area contributed by atoms with E-state index in [0.29, 0.717) is 0 Å². The standard InChI is InChI=1S/C15H20O/c1-5-9-14(12(3)4)16-15-11-8-7-10-13(15)6-2/h5,7-11H,6H2,1-4H3/b9-5-. The third-order valence-electron chi connectivity index (χ3n) is 2.38. The molecule has 0 bridgehead atoms. The fourth-order valence-electron chi connectivity index (χ4n) is 1.47. The lowest BCUT2D eigenvalue weighted by molar-refractivity contribution is 0.433. The van der Waals surface area contributed by atoms with Crippen LogP contribution in [0.4, 0.5) is 0 Å². The van der Waals surface area contributed by atoms with Crippen molar-refractivity contribution in [3.8, 4) is 5.75 Å². The topological polar surface area (TPSA) is 9.23 Å². The van der Waals surface area contributed by atoms with Gasteiger partial charge in [0.15, 0.2) is 0 Å². The Kier molecular flexibility index (Phi) is 4.84. The zero-order valence-corrected chi connectivity index (χ0v) is 10.6. The van der Waals surface area contributed by atoms with Crippen molar-refractivity contribution in [3.63, 3.8) is 0 Å². The Morgan fingerprint density at radius 1 is 1.25 bits per heavy atom. The van der Waals surface area contributed by atoms with E-state index in [-0.39, 0.29) is 0 Å². The average molecular weight is 216 g/mol. The predicted molar refractivity (Wildman–Crippen MR) is 69.6 cm³/mol. The van der Waals surface area contributed by atoms with Crippen LogP contribution in [0.2, 0.25) is 0 Å². The molecule has 16 heavy (non-hydrogen) atoms. The van der Waals surface area contributed by atoms with Gasteiger partial charge in [-0.15, -0.1) is 0 Å². The van der Waals surface area contributed by atoms with Crippen LogP contribution in [0.5, 0.6) is 5.75 Å². The first-order valence-corrected chi connectivity index (χ1v) is 5.75. The molecular weight excluding hydrogens is 196 g/mol. The number of benzene rings is 1. The van der Waals surface area contributed by atoms with Crippen LogP contribution in [-0.2, 0) is 6.42 Å².